The Morgan fingerprint density at radius 1 is 0.911 bits per heavy atom. The molecule has 1 unspecified atom stereocenters. The number of imidazole rings is 1. The van der Waals surface area contributed by atoms with Crippen molar-refractivity contribution in [3.05, 3.63) is 159 Å². The minimum Gasteiger partial charge on any atom is -0.319 e. The summed E-state index contributed by atoms with van der Waals surface area (Å²) in [5, 5.41) is 8.14. The molecule has 2 aromatic heterocycles. The molecule has 45 heavy (non-hydrogen) atoms. The number of rotatable bonds is 7. The van der Waals surface area contributed by atoms with E-state index >= 15 is 0 Å². The molecule has 1 fully saturated rings. The van der Waals surface area contributed by atoms with Crippen LogP contribution in [0.25, 0.3) is 11.3 Å². The first kappa shape index (κ1) is 31.2. The molecule has 2 heterocycles. The van der Waals surface area contributed by atoms with Crippen LogP contribution in [0.1, 0.15) is 42.9 Å². The first-order valence-electron chi connectivity index (χ1n) is 14.9. The van der Waals surface area contributed by atoms with Gasteiger partial charge in [0.2, 0.25) is 5.13 Å². The smallest absolute Gasteiger partial charge is 0.203 e. The molecule has 0 bridgehead atoms. The highest BCUT2D eigenvalue weighted by Gasteiger charge is 2.39. The summed E-state index contributed by atoms with van der Waals surface area (Å²) in [5.74, 6) is 0.772. The van der Waals surface area contributed by atoms with Gasteiger partial charge >= 0.3 is 0 Å². The van der Waals surface area contributed by atoms with Gasteiger partial charge in [-0.2, -0.15) is 5.10 Å². The van der Waals surface area contributed by atoms with Gasteiger partial charge in [0.05, 0.1) is 12.0 Å². The third-order valence-electron chi connectivity index (χ3n) is 8.00. The van der Waals surface area contributed by atoms with Gasteiger partial charge in [-0.25, -0.2) is 9.97 Å². The predicted octanol–water partition coefficient (Wildman–Crippen LogP) is 10.4. The number of hydrogen-bond donors (Lipinski definition) is 1. The number of nitrogens with one attached hydrogen (secondary N) is 1. The molecule has 0 aliphatic heterocycles. The highest BCUT2D eigenvalue weighted by molar-refractivity contribution is 14.1. The van der Waals surface area contributed by atoms with E-state index in [1.54, 1.807) is 17.5 Å². The van der Waals surface area contributed by atoms with Crippen molar-refractivity contribution in [1.29, 1.82) is 0 Å². The number of halogens is 2. The Morgan fingerprint density at radius 2 is 1.58 bits per heavy atom. The van der Waals surface area contributed by atoms with E-state index in [4.69, 9.17) is 11.6 Å². The average molecular weight is 742 g/mol. The molecule has 0 amide bonds. The van der Waals surface area contributed by atoms with Crippen LogP contribution in [0.15, 0.2) is 138 Å². The summed E-state index contributed by atoms with van der Waals surface area (Å²) >= 11 is 10.6. The maximum atomic E-state index is 6.69. The quantitative estimate of drug-likeness (QED) is 0.101. The Bertz CT molecular complexity index is 1800. The van der Waals surface area contributed by atoms with Crippen LogP contribution in [0.3, 0.4) is 0 Å². The van der Waals surface area contributed by atoms with Gasteiger partial charge in [0.1, 0.15) is 5.54 Å². The number of nitrogens with zero attached hydrogens (tertiary/aromatic N) is 4. The van der Waals surface area contributed by atoms with E-state index in [2.05, 4.69) is 139 Å². The lowest BCUT2D eigenvalue weighted by molar-refractivity contribution is 0.515. The number of aromatic nitrogens is 3. The normalized spacial score (nSPS) is 15.4. The fourth-order valence-electron chi connectivity index (χ4n) is 5.81. The average Bonchev–Trinajstić information content (AvgIpc) is 3.87. The zero-order valence-electron chi connectivity index (χ0n) is 24.9. The standard InChI is InChI=1S/C22H17ClN2.C15H16IN3S/c23-21-14-8-7-13-20(21)22(25-16-15-24-17-25,18-9-3-1-4-10-18)19-11-5-2-6-12-19;1-10-2-7-13(8-10)18-19-15-17-14(9-20-15)11-3-5-12(16)6-4-11/h1-17H;3-6,9-10H,2,7-8H2,1H3,(H,17,19)/b;18-13-. The molecule has 8 heteroatoms. The van der Waals surface area contributed by atoms with Gasteiger partial charge < -0.3 is 4.57 Å². The summed E-state index contributed by atoms with van der Waals surface area (Å²) in [6.07, 6.45) is 9.13. The molecule has 0 radical (unpaired) electrons. The summed E-state index contributed by atoms with van der Waals surface area (Å²) in [4.78, 5) is 8.90. The van der Waals surface area contributed by atoms with Crippen LogP contribution < -0.4 is 5.43 Å². The second-order valence-corrected chi connectivity index (χ2v) is 13.6. The number of thiazole rings is 1. The molecule has 7 rings (SSSR count). The fraction of sp³-hybridized carbons (Fsp3) is 0.162. The number of hydrazone groups is 1. The molecule has 5 nitrogen and oxygen atoms in total. The monoisotopic (exact) mass is 741 g/mol. The van der Waals surface area contributed by atoms with Crippen molar-refractivity contribution in [3.8, 4) is 11.3 Å². The van der Waals surface area contributed by atoms with E-state index in [0.29, 0.717) is 0 Å². The van der Waals surface area contributed by atoms with Crippen LogP contribution >= 0.6 is 45.5 Å². The second-order valence-electron chi connectivity index (χ2n) is 11.1. The SMILES string of the molecule is CC1CC/C(=N/Nc2nc(-c3ccc(I)cc3)cs2)C1.Clc1ccccc1C(c1ccccc1)(c1ccccc1)n1ccnc1. The molecule has 6 aromatic rings. The van der Waals surface area contributed by atoms with E-state index < -0.39 is 5.54 Å². The zero-order valence-corrected chi connectivity index (χ0v) is 28.6. The van der Waals surface area contributed by atoms with Crippen molar-refractivity contribution >= 4 is 56.4 Å². The van der Waals surface area contributed by atoms with Crippen molar-refractivity contribution in [3.63, 3.8) is 0 Å². The Balaban J connectivity index is 0.000000163. The Morgan fingerprint density at radius 3 is 2.18 bits per heavy atom. The third-order valence-corrected chi connectivity index (χ3v) is 9.80. The van der Waals surface area contributed by atoms with Crippen molar-refractivity contribution in [1.82, 2.24) is 14.5 Å². The van der Waals surface area contributed by atoms with Gasteiger partial charge in [0.15, 0.2) is 0 Å². The maximum absolute atomic E-state index is 6.69. The van der Waals surface area contributed by atoms with E-state index in [0.717, 1.165) is 56.9 Å². The van der Waals surface area contributed by atoms with E-state index in [9.17, 15) is 0 Å². The minimum absolute atomic E-state index is 0.586. The van der Waals surface area contributed by atoms with Crippen molar-refractivity contribution < 1.29 is 0 Å². The van der Waals surface area contributed by atoms with E-state index in [1.165, 1.54) is 15.7 Å². The maximum Gasteiger partial charge on any atom is 0.203 e. The van der Waals surface area contributed by atoms with Gasteiger partial charge in [0, 0.05) is 43.2 Å². The second kappa shape index (κ2) is 14.5. The summed E-state index contributed by atoms with van der Waals surface area (Å²) in [6, 6.07) is 37.2. The lowest BCUT2D eigenvalue weighted by Crippen LogP contribution is -2.37. The Hall–Kier alpha value is -3.79. The van der Waals surface area contributed by atoms with Gasteiger partial charge in [0.25, 0.3) is 0 Å². The number of anilines is 1. The Kier molecular flexibility index (Phi) is 10.1. The highest BCUT2D eigenvalue weighted by Crippen LogP contribution is 2.43. The highest BCUT2D eigenvalue weighted by atomic mass is 127. The Labute approximate surface area is 287 Å². The molecule has 1 N–H and O–H groups in total. The first-order valence-corrected chi connectivity index (χ1v) is 17.2. The molecule has 1 aliphatic rings. The molecule has 0 saturated heterocycles. The molecule has 1 aliphatic carbocycles. The number of hydrogen-bond acceptors (Lipinski definition) is 5. The van der Waals surface area contributed by atoms with E-state index in [-0.39, 0.29) is 0 Å². The van der Waals surface area contributed by atoms with Crippen LogP contribution in [0.2, 0.25) is 5.02 Å². The molecule has 1 saturated carbocycles. The van der Waals surface area contributed by atoms with Crippen molar-refractivity contribution in [2.75, 3.05) is 5.43 Å². The zero-order chi connectivity index (χ0) is 31.1. The van der Waals surface area contributed by atoms with Crippen LogP contribution in [-0.4, -0.2) is 20.2 Å². The predicted molar refractivity (Wildman–Crippen MR) is 196 cm³/mol. The minimum atomic E-state index is -0.586. The molecule has 0 spiro atoms. The van der Waals surface area contributed by atoms with Gasteiger partial charge in [-0.1, -0.05) is 110 Å². The van der Waals surface area contributed by atoms with Gasteiger partial charge in [-0.3, -0.25) is 5.43 Å². The lowest BCUT2D eigenvalue weighted by Gasteiger charge is -2.37. The molecular formula is C37H33ClIN5S. The van der Waals surface area contributed by atoms with Crippen molar-refractivity contribution in [2.45, 2.75) is 31.7 Å². The number of benzene rings is 4. The van der Waals surface area contributed by atoms with Crippen LogP contribution in [-0.2, 0) is 5.54 Å². The molecular weight excluding hydrogens is 709 g/mol. The van der Waals surface area contributed by atoms with Crippen LogP contribution in [0.5, 0.6) is 0 Å². The molecule has 1 atom stereocenters. The first-order chi connectivity index (χ1) is 22.0. The van der Waals surface area contributed by atoms with Crippen LogP contribution in [0, 0.1) is 9.49 Å². The van der Waals surface area contributed by atoms with Crippen LogP contribution in [0.4, 0.5) is 5.13 Å². The summed E-state index contributed by atoms with van der Waals surface area (Å²) in [5.41, 5.74) is 9.23. The largest absolute Gasteiger partial charge is 0.319 e. The van der Waals surface area contributed by atoms with Gasteiger partial charge in [-0.15, -0.1) is 11.3 Å². The third kappa shape index (κ3) is 7.06. The topological polar surface area (TPSA) is 55.1 Å². The molecule has 226 valence electrons. The summed E-state index contributed by atoms with van der Waals surface area (Å²) in [6.45, 7) is 2.28. The van der Waals surface area contributed by atoms with E-state index in [1.807, 2.05) is 42.9 Å². The summed E-state index contributed by atoms with van der Waals surface area (Å²) in [7, 11) is 0. The van der Waals surface area contributed by atoms with Crippen molar-refractivity contribution in [2.24, 2.45) is 11.0 Å². The fourth-order valence-corrected chi connectivity index (χ4v) is 7.11. The molecule has 4 aromatic carbocycles. The lowest BCUT2D eigenvalue weighted by atomic mass is 9.76. The van der Waals surface area contributed by atoms with Gasteiger partial charge in [-0.05, 0) is 77.1 Å². The summed E-state index contributed by atoms with van der Waals surface area (Å²) < 4.78 is 3.36.